The molecule has 0 aromatic carbocycles. The second kappa shape index (κ2) is 5.88. The first kappa shape index (κ1) is 12.2. The Kier molecular flexibility index (Phi) is 4.78. The van der Waals surface area contributed by atoms with Crippen molar-refractivity contribution in [1.29, 1.82) is 0 Å². The average molecular weight is 211 g/mol. The largest absolute Gasteiger partial charge is 0.384 e. The monoisotopic (exact) mass is 211 g/mol. The summed E-state index contributed by atoms with van der Waals surface area (Å²) < 4.78 is 7.18. The number of rotatable bonds is 6. The van der Waals surface area contributed by atoms with Crippen LogP contribution in [0.25, 0.3) is 0 Å². The Hall–Kier alpha value is -0.870. The van der Waals surface area contributed by atoms with E-state index >= 15 is 0 Å². The van der Waals surface area contributed by atoms with E-state index in [0.29, 0.717) is 5.92 Å². The lowest BCUT2D eigenvalue weighted by Crippen LogP contribution is -2.20. The average Bonchev–Trinajstić information content (AvgIpc) is 2.65. The molecule has 0 aliphatic carbocycles. The SMILES string of the molecule is CCn1ccnc1C(N)CC(C)COC. The number of hydrogen-bond donors (Lipinski definition) is 1. The number of imidazole rings is 1. The fraction of sp³-hybridized carbons (Fsp3) is 0.727. The molecule has 0 aliphatic rings. The highest BCUT2D eigenvalue weighted by Crippen LogP contribution is 2.17. The molecule has 0 radical (unpaired) electrons. The van der Waals surface area contributed by atoms with Crippen LogP contribution in [-0.4, -0.2) is 23.3 Å². The van der Waals surface area contributed by atoms with Gasteiger partial charge in [0.25, 0.3) is 0 Å². The molecule has 2 unspecified atom stereocenters. The number of nitrogens with two attached hydrogens (primary N) is 1. The van der Waals surface area contributed by atoms with Gasteiger partial charge in [0.1, 0.15) is 5.82 Å². The van der Waals surface area contributed by atoms with Crippen LogP contribution in [-0.2, 0) is 11.3 Å². The molecule has 15 heavy (non-hydrogen) atoms. The molecule has 1 aromatic rings. The zero-order valence-electron chi connectivity index (χ0n) is 9.81. The molecule has 0 saturated carbocycles. The van der Waals surface area contributed by atoms with E-state index < -0.39 is 0 Å². The normalized spacial score (nSPS) is 15.2. The Morgan fingerprint density at radius 2 is 2.33 bits per heavy atom. The van der Waals surface area contributed by atoms with Crippen LogP contribution >= 0.6 is 0 Å². The smallest absolute Gasteiger partial charge is 0.125 e. The molecular formula is C11H21N3O. The van der Waals surface area contributed by atoms with Crippen molar-refractivity contribution in [1.82, 2.24) is 9.55 Å². The maximum Gasteiger partial charge on any atom is 0.125 e. The third-order valence-electron chi connectivity index (χ3n) is 2.53. The van der Waals surface area contributed by atoms with Gasteiger partial charge in [0, 0.05) is 32.7 Å². The lowest BCUT2D eigenvalue weighted by Gasteiger charge is -2.17. The van der Waals surface area contributed by atoms with Crippen LogP contribution in [0.5, 0.6) is 0 Å². The van der Waals surface area contributed by atoms with Crippen molar-refractivity contribution in [2.24, 2.45) is 11.7 Å². The Morgan fingerprint density at radius 3 is 2.93 bits per heavy atom. The summed E-state index contributed by atoms with van der Waals surface area (Å²) in [5.74, 6) is 1.44. The molecule has 1 rings (SSSR count). The van der Waals surface area contributed by atoms with Gasteiger partial charge in [-0.1, -0.05) is 6.92 Å². The first-order valence-electron chi connectivity index (χ1n) is 5.44. The zero-order valence-corrected chi connectivity index (χ0v) is 9.81. The first-order valence-corrected chi connectivity index (χ1v) is 5.44. The molecule has 0 saturated heterocycles. The molecule has 4 nitrogen and oxygen atoms in total. The van der Waals surface area contributed by atoms with Crippen LogP contribution in [0, 0.1) is 5.92 Å². The van der Waals surface area contributed by atoms with Gasteiger partial charge < -0.3 is 15.0 Å². The van der Waals surface area contributed by atoms with E-state index in [1.807, 2.05) is 6.20 Å². The summed E-state index contributed by atoms with van der Waals surface area (Å²) in [4.78, 5) is 4.30. The maximum atomic E-state index is 6.11. The second-order valence-electron chi connectivity index (χ2n) is 3.97. The second-order valence-corrected chi connectivity index (χ2v) is 3.97. The number of aryl methyl sites for hydroxylation is 1. The van der Waals surface area contributed by atoms with E-state index in [0.717, 1.165) is 25.4 Å². The van der Waals surface area contributed by atoms with Crippen molar-refractivity contribution in [3.8, 4) is 0 Å². The van der Waals surface area contributed by atoms with Crippen LogP contribution in [0.3, 0.4) is 0 Å². The third kappa shape index (κ3) is 3.32. The van der Waals surface area contributed by atoms with Gasteiger partial charge in [0.15, 0.2) is 0 Å². The van der Waals surface area contributed by atoms with Gasteiger partial charge in [-0.15, -0.1) is 0 Å². The Morgan fingerprint density at radius 1 is 1.60 bits per heavy atom. The molecule has 2 atom stereocenters. The predicted molar refractivity (Wildman–Crippen MR) is 60.5 cm³/mol. The topological polar surface area (TPSA) is 53.1 Å². The highest BCUT2D eigenvalue weighted by atomic mass is 16.5. The van der Waals surface area contributed by atoms with Crippen molar-refractivity contribution < 1.29 is 4.74 Å². The maximum absolute atomic E-state index is 6.11. The molecule has 1 heterocycles. The molecule has 2 N–H and O–H groups in total. The highest BCUT2D eigenvalue weighted by Gasteiger charge is 2.15. The minimum absolute atomic E-state index is 0.00472. The van der Waals surface area contributed by atoms with Gasteiger partial charge in [-0.05, 0) is 19.3 Å². The molecule has 1 aromatic heterocycles. The van der Waals surface area contributed by atoms with Crippen molar-refractivity contribution >= 4 is 0 Å². The van der Waals surface area contributed by atoms with Gasteiger partial charge in [0.05, 0.1) is 6.04 Å². The molecule has 86 valence electrons. The molecule has 0 aliphatic heterocycles. The molecular weight excluding hydrogens is 190 g/mol. The summed E-state index contributed by atoms with van der Waals surface area (Å²) in [5, 5.41) is 0. The third-order valence-corrected chi connectivity index (χ3v) is 2.53. The lowest BCUT2D eigenvalue weighted by molar-refractivity contribution is 0.151. The Labute approximate surface area is 91.4 Å². The summed E-state index contributed by atoms with van der Waals surface area (Å²) in [7, 11) is 1.72. The van der Waals surface area contributed by atoms with Gasteiger partial charge in [-0.3, -0.25) is 0 Å². The van der Waals surface area contributed by atoms with Crippen LogP contribution in [0.2, 0.25) is 0 Å². The summed E-state index contributed by atoms with van der Waals surface area (Å²) in [6.07, 6.45) is 4.68. The Bertz CT molecular complexity index is 285. The Balaban J connectivity index is 2.56. The fourth-order valence-electron chi connectivity index (χ4n) is 1.81. The van der Waals surface area contributed by atoms with Crippen LogP contribution in [0.4, 0.5) is 0 Å². The number of aromatic nitrogens is 2. The summed E-state index contributed by atoms with van der Waals surface area (Å²) >= 11 is 0. The molecule has 0 spiro atoms. The van der Waals surface area contributed by atoms with E-state index in [-0.39, 0.29) is 6.04 Å². The van der Waals surface area contributed by atoms with Crippen LogP contribution in [0.1, 0.15) is 32.1 Å². The fourth-order valence-corrected chi connectivity index (χ4v) is 1.81. The number of hydrogen-bond acceptors (Lipinski definition) is 3. The van der Waals surface area contributed by atoms with Crippen molar-refractivity contribution in [2.75, 3.05) is 13.7 Å². The van der Waals surface area contributed by atoms with E-state index in [9.17, 15) is 0 Å². The number of ether oxygens (including phenoxy) is 1. The minimum Gasteiger partial charge on any atom is -0.384 e. The van der Waals surface area contributed by atoms with Gasteiger partial charge >= 0.3 is 0 Å². The lowest BCUT2D eigenvalue weighted by atomic mass is 10.0. The first-order chi connectivity index (χ1) is 7.19. The van der Waals surface area contributed by atoms with E-state index in [1.54, 1.807) is 13.3 Å². The predicted octanol–water partition coefficient (Wildman–Crippen LogP) is 1.58. The minimum atomic E-state index is 0.00472. The van der Waals surface area contributed by atoms with Crippen LogP contribution < -0.4 is 5.73 Å². The van der Waals surface area contributed by atoms with Crippen LogP contribution in [0.15, 0.2) is 12.4 Å². The summed E-state index contributed by atoms with van der Waals surface area (Å²) in [6, 6.07) is 0.00472. The van der Waals surface area contributed by atoms with Gasteiger partial charge in [-0.2, -0.15) is 0 Å². The van der Waals surface area contributed by atoms with Crippen molar-refractivity contribution in [3.63, 3.8) is 0 Å². The molecule has 0 bridgehead atoms. The molecule has 0 amide bonds. The standard InChI is InChI=1S/C11H21N3O/c1-4-14-6-5-13-11(14)10(12)7-9(2)8-15-3/h5-6,9-10H,4,7-8,12H2,1-3H3. The summed E-state index contributed by atoms with van der Waals surface area (Å²) in [5.41, 5.74) is 6.11. The van der Waals surface area contributed by atoms with Crippen molar-refractivity contribution in [2.45, 2.75) is 32.9 Å². The quantitative estimate of drug-likeness (QED) is 0.777. The number of methoxy groups -OCH3 is 1. The van der Waals surface area contributed by atoms with E-state index in [2.05, 4.69) is 23.4 Å². The molecule has 0 fully saturated rings. The molecule has 4 heteroatoms. The van der Waals surface area contributed by atoms with Gasteiger partial charge in [0.2, 0.25) is 0 Å². The van der Waals surface area contributed by atoms with Crippen molar-refractivity contribution in [3.05, 3.63) is 18.2 Å². The van der Waals surface area contributed by atoms with E-state index in [1.165, 1.54) is 0 Å². The highest BCUT2D eigenvalue weighted by molar-refractivity contribution is 4.98. The van der Waals surface area contributed by atoms with Gasteiger partial charge in [-0.25, -0.2) is 4.98 Å². The number of nitrogens with zero attached hydrogens (tertiary/aromatic N) is 2. The zero-order chi connectivity index (χ0) is 11.3. The van der Waals surface area contributed by atoms with E-state index in [4.69, 9.17) is 10.5 Å². The summed E-state index contributed by atoms with van der Waals surface area (Å²) in [6.45, 7) is 5.90.